The number of carbonyl (C=O) groups is 1. The van der Waals surface area contributed by atoms with Crippen molar-refractivity contribution in [1.29, 1.82) is 0 Å². The third-order valence-corrected chi connectivity index (χ3v) is 2.31. The van der Waals surface area contributed by atoms with Gasteiger partial charge >= 0.3 is 5.97 Å². The number of aliphatic carboxylic acids is 1. The lowest BCUT2D eigenvalue weighted by Crippen LogP contribution is -2.20. The van der Waals surface area contributed by atoms with Gasteiger partial charge < -0.3 is 5.11 Å². The summed E-state index contributed by atoms with van der Waals surface area (Å²) in [6.07, 6.45) is 8.50. The number of rotatable bonds is 1. The number of hydrogen-bond donors (Lipinski definition) is 1. The van der Waals surface area contributed by atoms with E-state index in [-0.39, 0.29) is 5.92 Å². The Bertz CT molecular complexity index is 182. The van der Waals surface area contributed by atoms with E-state index < -0.39 is 5.97 Å². The van der Waals surface area contributed by atoms with Crippen LogP contribution in [0, 0.1) is 24.2 Å². The average molecular weight is 152 g/mol. The van der Waals surface area contributed by atoms with Crippen LogP contribution in [0.3, 0.4) is 0 Å². The zero-order valence-corrected chi connectivity index (χ0v) is 6.42. The molecule has 0 saturated heterocycles. The first-order valence-electron chi connectivity index (χ1n) is 3.93. The van der Waals surface area contributed by atoms with E-state index in [0.29, 0.717) is 5.92 Å². The van der Waals surface area contributed by atoms with Crippen molar-refractivity contribution in [2.24, 2.45) is 11.8 Å². The van der Waals surface area contributed by atoms with Crippen molar-refractivity contribution in [3.8, 4) is 12.3 Å². The minimum atomic E-state index is -0.666. The van der Waals surface area contributed by atoms with Crippen molar-refractivity contribution >= 4 is 5.97 Å². The average Bonchev–Trinajstić information content (AvgIpc) is 2.05. The summed E-state index contributed by atoms with van der Waals surface area (Å²) >= 11 is 0. The molecule has 0 spiro atoms. The zero-order valence-electron chi connectivity index (χ0n) is 6.42. The predicted molar refractivity (Wildman–Crippen MR) is 41.9 cm³/mol. The largest absolute Gasteiger partial charge is 0.481 e. The molecule has 1 rings (SSSR count). The fourth-order valence-corrected chi connectivity index (χ4v) is 1.51. The molecule has 0 atom stereocenters. The Morgan fingerprint density at radius 3 is 2.27 bits per heavy atom. The van der Waals surface area contributed by atoms with Gasteiger partial charge in [-0.25, -0.2) is 0 Å². The molecule has 2 heteroatoms. The van der Waals surface area contributed by atoms with Crippen LogP contribution in [-0.4, -0.2) is 11.1 Å². The lowest BCUT2D eigenvalue weighted by molar-refractivity contribution is -0.142. The summed E-state index contributed by atoms with van der Waals surface area (Å²) < 4.78 is 0. The lowest BCUT2D eigenvalue weighted by atomic mass is 9.82. The predicted octanol–water partition coefficient (Wildman–Crippen LogP) is 1.51. The molecule has 0 aromatic carbocycles. The van der Waals surface area contributed by atoms with Gasteiger partial charge in [0, 0.05) is 5.92 Å². The molecule has 0 unspecified atom stereocenters. The van der Waals surface area contributed by atoms with Gasteiger partial charge in [0.2, 0.25) is 0 Å². The summed E-state index contributed by atoms with van der Waals surface area (Å²) in [6.45, 7) is 0. The van der Waals surface area contributed by atoms with Gasteiger partial charge in [0.15, 0.2) is 0 Å². The molecule has 1 N–H and O–H groups in total. The Balaban J connectivity index is 2.37. The highest BCUT2D eigenvalue weighted by molar-refractivity contribution is 5.70. The van der Waals surface area contributed by atoms with Gasteiger partial charge in [-0.1, -0.05) is 0 Å². The molecule has 2 nitrogen and oxygen atoms in total. The summed E-state index contributed by atoms with van der Waals surface area (Å²) in [6, 6.07) is 0. The van der Waals surface area contributed by atoms with Gasteiger partial charge in [-0.15, -0.1) is 12.3 Å². The van der Waals surface area contributed by atoms with Crippen molar-refractivity contribution in [1.82, 2.24) is 0 Å². The number of hydrogen-bond acceptors (Lipinski definition) is 1. The first kappa shape index (κ1) is 8.13. The van der Waals surface area contributed by atoms with E-state index in [1.165, 1.54) is 0 Å². The van der Waals surface area contributed by atoms with Crippen LogP contribution in [0.5, 0.6) is 0 Å². The smallest absolute Gasteiger partial charge is 0.306 e. The molecule has 1 aliphatic rings. The molecule has 1 saturated carbocycles. The first-order valence-corrected chi connectivity index (χ1v) is 3.93. The number of carboxylic acids is 1. The SMILES string of the molecule is C#C[C@H]1CC[C@H](C(=O)O)CC1. The highest BCUT2D eigenvalue weighted by atomic mass is 16.4. The third-order valence-electron chi connectivity index (χ3n) is 2.31. The van der Waals surface area contributed by atoms with E-state index >= 15 is 0 Å². The number of carboxylic acid groups (broad SMARTS) is 1. The fourth-order valence-electron chi connectivity index (χ4n) is 1.51. The number of terminal acetylenes is 1. The van der Waals surface area contributed by atoms with E-state index in [1.807, 2.05) is 0 Å². The lowest BCUT2D eigenvalue weighted by Gasteiger charge is -2.21. The van der Waals surface area contributed by atoms with Crippen molar-refractivity contribution in [3.05, 3.63) is 0 Å². The minimum absolute atomic E-state index is 0.139. The second-order valence-electron chi connectivity index (χ2n) is 3.05. The first-order chi connectivity index (χ1) is 5.24. The molecule has 0 heterocycles. The summed E-state index contributed by atoms with van der Waals surface area (Å²) in [7, 11) is 0. The Labute approximate surface area is 66.6 Å². The topological polar surface area (TPSA) is 37.3 Å². The summed E-state index contributed by atoms with van der Waals surface area (Å²) in [5.74, 6) is 2.19. The molecule has 1 fully saturated rings. The van der Waals surface area contributed by atoms with Crippen LogP contribution in [0.15, 0.2) is 0 Å². The summed E-state index contributed by atoms with van der Waals surface area (Å²) in [5, 5.41) is 8.65. The van der Waals surface area contributed by atoms with Gasteiger partial charge in [-0.2, -0.15) is 0 Å². The molecule has 0 aliphatic heterocycles. The highest BCUT2D eigenvalue weighted by Crippen LogP contribution is 2.27. The van der Waals surface area contributed by atoms with E-state index in [2.05, 4.69) is 5.92 Å². The Morgan fingerprint density at radius 2 is 1.91 bits per heavy atom. The molecule has 0 radical (unpaired) electrons. The van der Waals surface area contributed by atoms with Crippen molar-refractivity contribution < 1.29 is 9.90 Å². The third kappa shape index (κ3) is 1.98. The standard InChI is InChI=1S/C9H12O2/c1-2-7-3-5-8(6-4-7)9(10)11/h1,7-8H,3-6H2,(H,10,11)/t7-,8-. The van der Waals surface area contributed by atoms with Crippen molar-refractivity contribution in [3.63, 3.8) is 0 Å². The quantitative estimate of drug-likeness (QED) is 0.578. The van der Waals surface area contributed by atoms with E-state index in [0.717, 1.165) is 25.7 Å². The van der Waals surface area contributed by atoms with Crippen LogP contribution >= 0.6 is 0 Å². The maximum atomic E-state index is 10.5. The van der Waals surface area contributed by atoms with Gasteiger partial charge in [0.25, 0.3) is 0 Å². The second kappa shape index (κ2) is 3.43. The van der Waals surface area contributed by atoms with Crippen LogP contribution in [0.25, 0.3) is 0 Å². The molecule has 0 bridgehead atoms. The Kier molecular flexibility index (Phi) is 2.53. The van der Waals surface area contributed by atoms with Crippen LogP contribution in [-0.2, 0) is 4.79 Å². The van der Waals surface area contributed by atoms with Crippen LogP contribution in [0.4, 0.5) is 0 Å². The Morgan fingerprint density at radius 1 is 1.36 bits per heavy atom. The van der Waals surface area contributed by atoms with Crippen LogP contribution in [0.1, 0.15) is 25.7 Å². The van der Waals surface area contributed by atoms with Gasteiger partial charge in [-0.05, 0) is 25.7 Å². The van der Waals surface area contributed by atoms with Gasteiger partial charge in [-0.3, -0.25) is 4.79 Å². The molecular formula is C9H12O2. The fraction of sp³-hybridized carbons (Fsp3) is 0.667. The van der Waals surface area contributed by atoms with Gasteiger partial charge in [0.05, 0.1) is 5.92 Å². The van der Waals surface area contributed by atoms with E-state index in [9.17, 15) is 4.79 Å². The monoisotopic (exact) mass is 152 g/mol. The summed E-state index contributed by atoms with van der Waals surface area (Å²) in [4.78, 5) is 10.5. The molecule has 11 heavy (non-hydrogen) atoms. The molecule has 0 amide bonds. The molecule has 0 aromatic rings. The van der Waals surface area contributed by atoms with E-state index in [1.54, 1.807) is 0 Å². The molecular weight excluding hydrogens is 140 g/mol. The molecule has 0 aromatic heterocycles. The minimum Gasteiger partial charge on any atom is -0.481 e. The second-order valence-corrected chi connectivity index (χ2v) is 3.05. The normalized spacial score (nSPS) is 30.8. The molecule has 60 valence electrons. The van der Waals surface area contributed by atoms with E-state index in [4.69, 9.17) is 11.5 Å². The zero-order chi connectivity index (χ0) is 8.27. The Hall–Kier alpha value is -0.970. The van der Waals surface area contributed by atoms with Crippen molar-refractivity contribution in [2.45, 2.75) is 25.7 Å². The van der Waals surface area contributed by atoms with Crippen LogP contribution < -0.4 is 0 Å². The van der Waals surface area contributed by atoms with Crippen LogP contribution in [0.2, 0.25) is 0 Å². The highest BCUT2D eigenvalue weighted by Gasteiger charge is 2.24. The van der Waals surface area contributed by atoms with Gasteiger partial charge in [0.1, 0.15) is 0 Å². The maximum absolute atomic E-state index is 10.5. The molecule has 1 aliphatic carbocycles. The summed E-state index contributed by atoms with van der Waals surface area (Å²) in [5.41, 5.74) is 0. The van der Waals surface area contributed by atoms with Crippen molar-refractivity contribution in [2.75, 3.05) is 0 Å². The maximum Gasteiger partial charge on any atom is 0.306 e.